The maximum absolute atomic E-state index is 13.2. The standard InChI is InChI=1S/C16H22F2N2O/c1-10-4-3-7-16(19,9-10)15(21)20-11(2)12-5-6-13(17)14(18)8-12/h5-6,8,10-11H,3-4,7,9,19H2,1-2H3,(H,20,21). The molecule has 3 unspecified atom stereocenters. The van der Waals surface area contributed by atoms with Gasteiger partial charge in [-0.05, 0) is 43.4 Å². The predicted octanol–water partition coefficient (Wildman–Crippen LogP) is 3.05. The number of nitrogens with two attached hydrogens (primary N) is 1. The summed E-state index contributed by atoms with van der Waals surface area (Å²) in [6.45, 7) is 3.83. The third-order valence-corrected chi connectivity index (χ3v) is 4.28. The van der Waals surface area contributed by atoms with Crippen molar-refractivity contribution in [2.45, 2.75) is 51.1 Å². The van der Waals surface area contributed by atoms with Gasteiger partial charge in [-0.15, -0.1) is 0 Å². The van der Waals surface area contributed by atoms with Gasteiger partial charge >= 0.3 is 0 Å². The van der Waals surface area contributed by atoms with E-state index in [1.54, 1.807) is 6.92 Å². The fourth-order valence-corrected chi connectivity index (χ4v) is 3.00. The van der Waals surface area contributed by atoms with Gasteiger partial charge in [-0.3, -0.25) is 4.79 Å². The molecule has 1 aliphatic carbocycles. The molecule has 0 heterocycles. The van der Waals surface area contributed by atoms with Crippen LogP contribution < -0.4 is 11.1 Å². The van der Waals surface area contributed by atoms with Crippen molar-refractivity contribution in [3.8, 4) is 0 Å². The summed E-state index contributed by atoms with van der Waals surface area (Å²) in [5, 5.41) is 2.82. The molecule has 0 bridgehead atoms. The molecule has 0 radical (unpaired) electrons. The van der Waals surface area contributed by atoms with Crippen molar-refractivity contribution in [3.63, 3.8) is 0 Å². The van der Waals surface area contributed by atoms with Gasteiger partial charge in [0.15, 0.2) is 11.6 Å². The quantitative estimate of drug-likeness (QED) is 0.900. The summed E-state index contributed by atoms with van der Waals surface area (Å²) < 4.78 is 26.2. The van der Waals surface area contributed by atoms with Gasteiger partial charge < -0.3 is 11.1 Å². The lowest BCUT2D eigenvalue weighted by Crippen LogP contribution is -2.56. The number of halogens is 2. The minimum absolute atomic E-state index is 0.216. The lowest BCUT2D eigenvalue weighted by Gasteiger charge is -2.36. The van der Waals surface area contributed by atoms with Crippen LogP contribution in [-0.2, 0) is 4.79 Å². The van der Waals surface area contributed by atoms with Crippen molar-refractivity contribution in [1.29, 1.82) is 0 Å². The molecule has 1 saturated carbocycles. The zero-order valence-electron chi connectivity index (χ0n) is 12.5. The fraction of sp³-hybridized carbons (Fsp3) is 0.562. The topological polar surface area (TPSA) is 55.1 Å². The molecule has 3 atom stereocenters. The Balaban J connectivity index is 2.06. The van der Waals surface area contributed by atoms with Crippen LogP contribution in [0, 0.1) is 17.6 Å². The number of hydrogen-bond acceptors (Lipinski definition) is 2. The summed E-state index contributed by atoms with van der Waals surface area (Å²) in [6, 6.07) is 3.22. The lowest BCUT2D eigenvalue weighted by atomic mass is 9.76. The van der Waals surface area contributed by atoms with Crippen molar-refractivity contribution in [3.05, 3.63) is 35.4 Å². The normalized spacial score (nSPS) is 27.2. The number of hydrogen-bond donors (Lipinski definition) is 2. The van der Waals surface area contributed by atoms with Crippen LogP contribution in [0.4, 0.5) is 8.78 Å². The number of amides is 1. The zero-order valence-corrected chi connectivity index (χ0v) is 12.5. The third-order valence-electron chi connectivity index (χ3n) is 4.28. The molecule has 5 heteroatoms. The third kappa shape index (κ3) is 3.59. The second-order valence-corrected chi connectivity index (χ2v) is 6.23. The summed E-state index contributed by atoms with van der Waals surface area (Å²) in [5.41, 5.74) is 5.89. The van der Waals surface area contributed by atoms with E-state index in [9.17, 15) is 13.6 Å². The fourth-order valence-electron chi connectivity index (χ4n) is 3.00. The van der Waals surface area contributed by atoms with Crippen molar-refractivity contribution in [1.82, 2.24) is 5.32 Å². The maximum Gasteiger partial charge on any atom is 0.240 e. The van der Waals surface area contributed by atoms with Gasteiger partial charge in [0.1, 0.15) is 0 Å². The first-order valence-electron chi connectivity index (χ1n) is 7.36. The maximum atomic E-state index is 13.2. The molecule has 1 aromatic rings. The summed E-state index contributed by atoms with van der Waals surface area (Å²) in [6.07, 6.45) is 3.34. The van der Waals surface area contributed by atoms with E-state index in [4.69, 9.17) is 5.73 Å². The Hall–Kier alpha value is -1.49. The van der Waals surface area contributed by atoms with Gasteiger partial charge in [0.2, 0.25) is 5.91 Å². The summed E-state index contributed by atoms with van der Waals surface area (Å²) >= 11 is 0. The first kappa shape index (κ1) is 15.9. The van der Waals surface area contributed by atoms with Crippen LogP contribution in [-0.4, -0.2) is 11.4 Å². The highest BCUT2D eigenvalue weighted by Crippen LogP contribution is 2.31. The van der Waals surface area contributed by atoms with Crippen LogP contribution in [0.5, 0.6) is 0 Å². The van der Waals surface area contributed by atoms with Crippen LogP contribution in [0.15, 0.2) is 18.2 Å². The molecule has 1 amide bonds. The van der Waals surface area contributed by atoms with E-state index in [1.807, 2.05) is 0 Å². The summed E-state index contributed by atoms with van der Waals surface area (Å²) in [5.74, 6) is -1.60. The van der Waals surface area contributed by atoms with Crippen LogP contribution in [0.2, 0.25) is 0 Å². The first-order valence-corrected chi connectivity index (χ1v) is 7.36. The minimum Gasteiger partial charge on any atom is -0.348 e. The highest BCUT2D eigenvalue weighted by Gasteiger charge is 2.38. The zero-order chi connectivity index (χ0) is 15.6. The molecule has 0 saturated heterocycles. The molecule has 1 aliphatic rings. The smallest absolute Gasteiger partial charge is 0.240 e. The van der Waals surface area contributed by atoms with Crippen molar-refractivity contribution in [2.75, 3.05) is 0 Å². The largest absolute Gasteiger partial charge is 0.348 e. The average molecular weight is 296 g/mol. The second kappa shape index (κ2) is 6.10. The Kier molecular flexibility index (Phi) is 4.61. The summed E-state index contributed by atoms with van der Waals surface area (Å²) in [4.78, 5) is 12.4. The molecule has 116 valence electrons. The Morgan fingerprint density at radius 2 is 2.14 bits per heavy atom. The molecule has 0 spiro atoms. The lowest BCUT2D eigenvalue weighted by molar-refractivity contribution is -0.128. The Labute approximate surface area is 123 Å². The van der Waals surface area contributed by atoms with Crippen molar-refractivity contribution in [2.24, 2.45) is 11.7 Å². The van der Waals surface area contributed by atoms with E-state index < -0.39 is 23.2 Å². The van der Waals surface area contributed by atoms with Gasteiger partial charge in [0.05, 0.1) is 11.6 Å². The average Bonchev–Trinajstić information content (AvgIpc) is 2.41. The Morgan fingerprint density at radius 3 is 2.76 bits per heavy atom. The highest BCUT2D eigenvalue weighted by molar-refractivity contribution is 5.86. The number of carbonyl (C=O) groups excluding carboxylic acids is 1. The van der Waals surface area contributed by atoms with Gasteiger partial charge in [-0.1, -0.05) is 25.8 Å². The van der Waals surface area contributed by atoms with Gasteiger partial charge in [0, 0.05) is 0 Å². The molecule has 0 aliphatic heterocycles. The Bertz CT molecular complexity index is 535. The number of carbonyl (C=O) groups is 1. The molecule has 3 N–H and O–H groups in total. The molecule has 1 fully saturated rings. The first-order chi connectivity index (χ1) is 9.82. The number of nitrogens with one attached hydrogen (secondary N) is 1. The predicted molar refractivity (Wildman–Crippen MR) is 77.5 cm³/mol. The molecule has 0 aromatic heterocycles. The van der Waals surface area contributed by atoms with Gasteiger partial charge in [-0.2, -0.15) is 0 Å². The molecule has 1 aromatic carbocycles. The number of rotatable bonds is 3. The molecule has 21 heavy (non-hydrogen) atoms. The van der Waals surface area contributed by atoms with E-state index in [0.29, 0.717) is 24.3 Å². The molecule has 3 nitrogen and oxygen atoms in total. The molecular formula is C16H22F2N2O. The van der Waals surface area contributed by atoms with Crippen molar-refractivity contribution < 1.29 is 13.6 Å². The molecular weight excluding hydrogens is 274 g/mol. The van der Waals surface area contributed by atoms with Crippen molar-refractivity contribution >= 4 is 5.91 Å². The van der Waals surface area contributed by atoms with E-state index >= 15 is 0 Å². The minimum atomic E-state index is -0.914. The van der Waals surface area contributed by atoms with E-state index in [2.05, 4.69) is 12.2 Å². The Morgan fingerprint density at radius 1 is 1.43 bits per heavy atom. The van der Waals surface area contributed by atoms with Crippen LogP contribution in [0.3, 0.4) is 0 Å². The van der Waals surface area contributed by atoms with E-state index in [-0.39, 0.29) is 5.91 Å². The second-order valence-electron chi connectivity index (χ2n) is 6.23. The van der Waals surface area contributed by atoms with E-state index in [1.165, 1.54) is 6.07 Å². The summed E-state index contributed by atoms with van der Waals surface area (Å²) in [7, 11) is 0. The van der Waals surface area contributed by atoms with Gasteiger partial charge in [-0.25, -0.2) is 8.78 Å². The number of benzene rings is 1. The van der Waals surface area contributed by atoms with Crippen LogP contribution in [0.25, 0.3) is 0 Å². The van der Waals surface area contributed by atoms with Crippen LogP contribution in [0.1, 0.15) is 51.1 Å². The molecule has 2 rings (SSSR count). The van der Waals surface area contributed by atoms with Gasteiger partial charge in [0.25, 0.3) is 0 Å². The monoisotopic (exact) mass is 296 g/mol. The van der Waals surface area contributed by atoms with Crippen LogP contribution >= 0.6 is 0 Å². The SMILES string of the molecule is CC1CCCC(N)(C(=O)NC(C)c2ccc(F)c(F)c2)C1. The van der Waals surface area contributed by atoms with E-state index in [0.717, 1.165) is 25.0 Å². The highest BCUT2D eigenvalue weighted by atomic mass is 19.2.